The fourth-order valence-corrected chi connectivity index (χ4v) is 3.10. The monoisotopic (exact) mass is 247 g/mol. The molecule has 1 fully saturated rings. The molecule has 1 atom stereocenters. The SMILES string of the molecule is CCC1CCC(C(NN)c2ccc(C)nc2)CC1. The Balaban J connectivity index is 2.03. The van der Waals surface area contributed by atoms with Gasteiger partial charge in [-0.3, -0.25) is 16.3 Å². The van der Waals surface area contributed by atoms with E-state index in [0.717, 1.165) is 11.6 Å². The molecular weight excluding hydrogens is 222 g/mol. The van der Waals surface area contributed by atoms with Crippen LogP contribution in [0, 0.1) is 18.8 Å². The van der Waals surface area contributed by atoms with E-state index in [2.05, 4.69) is 29.5 Å². The van der Waals surface area contributed by atoms with Gasteiger partial charge in [-0.05, 0) is 43.2 Å². The van der Waals surface area contributed by atoms with Crippen LogP contribution in [0.2, 0.25) is 0 Å². The van der Waals surface area contributed by atoms with Crippen molar-refractivity contribution < 1.29 is 0 Å². The van der Waals surface area contributed by atoms with Gasteiger partial charge in [0.1, 0.15) is 0 Å². The molecule has 1 aromatic heterocycles. The molecule has 18 heavy (non-hydrogen) atoms. The van der Waals surface area contributed by atoms with Crippen molar-refractivity contribution in [3.63, 3.8) is 0 Å². The van der Waals surface area contributed by atoms with Gasteiger partial charge in [0.25, 0.3) is 0 Å². The van der Waals surface area contributed by atoms with E-state index in [-0.39, 0.29) is 6.04 Å². The zero-order valence-corrected chi connectivity index (χ0v) is 11.5. The largest absolute Gasteiger partial charge is 0.271 e. The first-order valence-electron chi connectivity index (χ1n) is 7.13. The van der Waals surface area contributed by atoms with Gasteiger partial charge >= 0.3 is 0 Å². The van der Waals surface area contributed by atoms with E-state index in [1.165, 1.54) is 37.7 Å². The number of pyridine rings is 1. The van der Waals surface area contributed by atoms with Crippen LogP contribution in [0.25, 0.3) is 0 Å². The van der Waals surface area contributed by atoms with Gasteiger partial charge in [-0.15, -0.1) is 0 Å². The molecule has 1 heterocycles. The zero-order valence-electron chi connectivity index (χ0n) is 11.5. The Morgan fingerprint density at radius 2 is 2.06 bits per heavy atom. The summed E-state index contributed by atoms with van der Waals surface area (Å²) in [6.07, 6.45) is 8.53. The lowest BCUT2D eigenvalue weighted by Gasteiger charge is -2.33. The number of aryl methyl sites for hydroxylation is 1. The van der Waals surface area contributed by atoms with Crippen LogP contribution in [-0.4, -0.2) is 4.98 Å². The van der Waals surface area contributed by atoms with Crippen LogP contribution in [0.3, 0.4) is 0 Å². The first-order chi connectivity index (χ1) is 8.74. The van der Waals surface area contributed by atoms with Crippen LogP contribution in [0.5, 0.6) is 0 Å². The lowest BCUT2D eigenvalue weighted by Crippen LogP contribution is -2.35. The Morgan fingerprint density at radius 3 is 2.56 bits per heavy atom. The van der Waals surface area contributed by atoms with E-state index in [1.807, 2.05) is 13.1 Å². The Kier molecular flexibility index (Phi) is 4.72. The van der Waals surface area contributed by atoms with E-state index in [9.17, 15) is 0 Å². The maximum absolute atomic E-state index is 5.76. The van der Waals surface area contributed by atoms with E-state index in [4.69, 9.17) is 5.84 Å². The summed E-state index contributed by atoms with van der Waals surface area (Å²) in [6.45, 7) is 4.31. The second-order valence-corrected chi connectivity index (χ2v) is 5.57. The highest BCUT2D eigenvalue weighted by Crippen LogP contribution is 2.37. The summed E-state index contributed by atoms with van der Waals surface area (Å²) in [5.74, 6) is 7.34. The number of hydrogen-bond acceptors (Lipinski definition) is 3. The molecule has 0 aliphatic heterocycles. The van der Waals surface area contributed by atoms with Crippen molar-refractivity contribution in [2.24, 2.45) is 17.7 Å². The summed E-state index contributed by atoms with van der Waals surface area (Å²) >= 11 is 0. The third-order valence-electron chi connectivity index (χ3n) is 4.41. The maximum Gasteiger partial charge on any atom is 0.0503 e. The van der Waals surface area contributed by atoms with Crippen molar-refractivity contribution in [2.75, 3.05) is 0 Å². The molecule has 2 rings (SSSR count). The molecule has 1 aliphatic rings. The number of nitrogens with two attached hydrogens (primary N) is 1. The van der Waals surface area contributed by atoms with Crippen molar-refractivity contribution in [3.8, 4) is 0 Å². The Hall–Kier alpha value is -0.930. The molecule has 1 aromatic rings. The molecule has 0 amide bonds. The highest BCUT2D eigenvalue weighted by atomic mass is 15.2. The number of nitrogens with zero attached hydrogens (tertiary/aromatic N) is 1. The van der Waals surface area contributed by atoms with Crippen molar-refractivity contribution in [3.05, 3.63) is 29.6 Å². The molecule has 0 spiro atoms. The lowest BCUT2D eigenvalue weighted by molar-refractivity contribution is 0.219. The first-order valence-corrected chi connectivity index (χ1v) is 7.13. The Bertz CT molecular complexity index is 353. The smallest absolute Gasteiger partial charge is 0.0503 e. The number of nitrogens with one attached hydrogen (secondary N) is 1. The second-order valence-electron chi connectivity index (χ2n) is 5.57. The van der Waals surface area contributed by atoms with Gasteiger partial charge in [-0.25, -0.2) is 0 Å². The highest BCUT2D eigenvalue weighted by molar-refractivity contribution is 5.18. The summed E-state index contributed by atoms with van der Waals surface area (Å²) < 4.78 is 0. The number of hydrogen-bond donors (Lipinski definition) is 2. The van der Waals surface area contributed by atoms with Crippen LogP contribution >= 0.6 is 0 Å². The van der Waals surface area contributed by atoms with Crippen LogP contribution in [0.4, 0.5) is 0 Å². The van der Waals surface area contributed by atoms with Gasteiger partial charge in [0.05, 0.1) is 6.04 Å². The fourth-order valence-electron chi connectivity index (χ4n) is 3.10. The number of aromatic nitrogens is 1. The molecule has 0 saturated heterocycles. The third-order valence-corrected chi connectivity index (χ3v) is 4.41. The summed E-state index contributed by atoms with van der Waals surface area (Å²) in [6, 6.07) is 4.48. The lowest BCUT2D eigenvalue weighted by atomic mass is 9.76. The third kappa shape index (κ3) is 3.09. The fraction of sp³-hybridized carbons (Fsp3) is 0.667. The Labute approximate surface area is 110 Å². The molecule has 1 aliphatic carbocycles. The van der Waals surface area contributed by atoms with Crippen LogP contribution in [0.15, 0.2) is 18.3 Å². The van der Waals surface area contributed by atoms with Gasteiger partial charge in [0.15, 0.2) is 0 Å². The molecule has 3 N–H and O–H groups in total. The molecule has 0 radical (unpaired) electrons. The minimum absolute atomic E-state index is 0.260. The van der Waals surface area contributed by atoms with Crippen LogP contribution < -0.4 is 11.3 Å². The van der Waals surface area contributed by atoms with Gasteiger partial charge in [0.2, 0.25) is 0 Å². The van der Waals surface area contributed by atoms with Crippen molar-refractivity contribution in [1.29, 1.82) is 0 Å². The van der Waals surface area contributed by atoms with Gasteiger partial charge in [-0.1, -0.05) is 32.3 Å². The van der Waals surface area contributed by atoms with Crippen LogP contribution in [0.1, 0.15) is 56.3 Å². The molecule has 1 unspecified atom stereocenters. The first kappa shape index (κ1) is 13.5. The molecule has 3 nitrogen and oxygen atoms in total. The van der Waals surface area contributed by atoms with E-state index in [0.29, 0.717) is 5.92 Å². The second kappa shape index (κ2) is 6.30. The zero-order chi connectivity index (χ0) is 13.0. The summed E-state index contributed by atoms with van der Waals surface area (Å²) in [5, 5.41) is 0. The van der Waals surface area contributed by atoms with Crippen LogP contribution in [-0.2, 0) is 0 Å². The van der Waals surface area contributed by atoms with Gasteiger partial charge in [0, 0.05) is 11.9 Å². The van der Waals surface area contributed by atoms with Gasteiger partial charge < -0.3 is 0 Å². The minimum Gasteiger partial charge on any atom is -0.271 e. The normalized spacial score (nSPS) is 25.9. The van der Waals surface area contributed by atoms with Crippen molar-refractivity contribution in [2.45, 2.75) is 52.0 Å². The van der Waals surface area contributed by atoms with E-state index in [1.54, 1.807) is 0 Å². The summed E-state index contributed by atoms with van der Waals surface area (Å²) in [5.41, 5.74) is 5.28. The van der Waals surface area contributed by atoms with Crippen molar-refractivity contribution in [1.82, 2.24) is 10.4 Å². The predicted octanol–water partition coefficient (Wildman–Crippen LogP) is 3.11. The maximum atomic E-state index is 5.76. The molecular formula is C15H25N3. The average molecular weight is 247 g/mol. The highest BCUT2D eigenvalue weighted by Gasteiger charge is 2.27. The molecule has 1 saturated carbocycles. The molecule has 0 bridgehead atoms. The summed E-state index contributed by atoms with van der Waals surface area (Å²) in [4.78, 5) is 4.38. The summed E-state index contributed by atoms with van der Waals surface area (Å²) in [7, 11) is 0. The quantitative estimate of drug-likeness (QED) is 0.635. The molecule has 100 valence electrons. The molecule has 0 aromatic carbocycles. The standard InChI is InChI=1S/C15H25N3/c1-3-12-5-8-13(9-6-12)15(18-16)14-7-4-11(2)17-10-14/h4,7,10,12-13,15,18H,3,5-6,8-9,16H2,1-2H3. The Morgan fingerprint density at radius 1 is 1.33 bits per heavy atom. The van der Waals surface area contributed by atoms with Gasteiger partial charge in [-0.2, -0.15) is 0 Å². The predicted molar refractivity (Wildman–Crippen MR) is 74.8 cm³/mol. The van der Waals surface area contributed by atoms with Crippen molar-refractivity contribution >= 4 is 0 Å². The van der Waals surface area contributed by atoms with E-state index < -0.39 is 0 Å². The minimum atomic E-state index is 0.260. The number of hydrazine groups is 1. The average Bonchev–Trinajstić information content (AvgIpc) is 2.42. The molecule has 3 heteroatoms. The topological polar surface area (TPSA) is 50.9 Å². The number of rotatable bonds is 4. The van der Waals surface area contributed by atoms with E-state index >= 15 is 0 Å².